The Morgan fingerprint density at radius 2 is 1.79 bits per heavy atom. The third-order valence-electron chi connectivity index (χ3n) is 3.57. The summed E-state index contributed by atoms with van der Waals surface area (Å²) in [6.07, 6.45) is 4.15. The summed E-state index contributed by atoms with van der Waals surface area (Å²) in [7, 11) is 0. The van der Waals surface area contributed by atoms with E-state index in [4.69, 9.17) is 0 Å². The van der Waals surface area contributed by atoms with Gasteiger partial charge in [0.25, 0.3) is 0 Å². The molecule has 84 valence electrons. The first-order valence-electron chi connectivity index (χ1n) is 6.22. The third-order valence-corrected chi connectivity index (χ3v) is 3.57. The molecule has 1 rings (SSSR count). The van der Waals surface area contributed by atoms with Gasteiger partial charge in [0, 0.05) is 6.04 Å². The monoisotopic (exact) mass is 198 g/mol. The highest BCUT2D eigenvalue weighted by Crippen LogP contribution is 2.20. The lowest BCUT2D eigenvalue weighted by molar-refractivity contribution is 0.185. The van der Waals surface area contributed by atoms with E-state index in [1.165, 1.54) is 45.4 Å². The minimum absolute atomic E-state index is 0.771. The van der Waals surface area contributed by atoms with Gasteiger partial charge in [-0.2, -0.15) is 0 Å². The van der Waals surface area contributed by atoms with E-state index < -0.39 is 0 Å². The first-order chi connectivity index (χ1) is 6.77. The van der Waals surface area contributed by atoms with E-state index in [1.54, 1.807) is 0 Å². The van der Waals surface area contributed by atoms with Crippen molar-refractivity contribution in [3.8, 4) is 0 Å². The van der Waals surface area contributed by atoms with Crippen molar-refractivity contribution in [1.82, 2.24) is 10.2 Å². The van der Waals surface area contributed by atoms with Crippen LogP contribution in [0.5, 0.6) is 0 Å². The van der Waals surface area contributed by atoms with Crippen molar-refractivity contribution in [3.63, 3.8) is 0 Å². The number of nitrogens with one attached hydrogen (secondary N) is 1. The second-order valence-electron chi connectivity index (χ2n) is 4.50. The Bertz CT molecular complexity index is 137. The Labute approximate surface area is 89.1 Å². The predicted octanol–water partition coefficient (Wildman–Crippen LogP) is 2.11. The van der Waals surface area contributed by atoms with Gasteiger partial charge in [-0.05, 0) is 58.3 Å². The zero-order valence-electron chi connectivity index (χ0n) is 10.1. The van der Waals surface area contributed by atoms with Crippen LogP contribution in [0.2, 0.25) is 0 Å². The average molecular weight is 198 g/mol. The molecule has 14 heavy (non-hydrogen) atoms. The number of hydrogen-bond acceptors (Lipinski definition) is 2. The molecule has 0 saturated carbocycles. The van der Waals surface area contributed by atoms with Gasteiger partial charge in [-0.25, -0.2) is 0 Å². The highest BCUT2D eigenvalue weighted by Gasteiger charge is 2.18. The molecule has 0 amide bonds. The first-order valence-corrected chi connectivity index (χ1v) is 6.22. The van der Waals surface area contributed by atoms with Crippen LogP contribution in [-0.2, 0) is 0 Å². The molecule has 1 heterocycles. The summed E-state index contributed by atoms with van der Waals surface area (Å²) in [4.78, 5) is 2.57. The molecule has 1 unspecified atom stereocenters. The van der Waals surface area contributed by atoms with Gasteiger partial charge >= 0.3 is 0 Å². The van der Waals surface area contributed by atoms with Crippen molar-refractivity contribution >= 4 is 0 Å². The smallest absolute Gasteiger partial charge is 0.00693 e. The fraction of sp³-hybridized carbons (Fsp3) is 1.00. The second kappa shape index (κ2) is 6.41. The molecule has 1 fully saturated rings. The largest absolute Gasteiger partial charge is 0.317 e. The molecule has 0 aromatic carbocycles. The molecule has 0 aromatic rings. The summed E-state index contributed by atoms with van der Waals surface area (Å²) in [6, 6.07) is 0.771. The van der Waals surface area contributed by atoms with Crippen molar-refractivity contribution in [2.75, 3.05) is 26.2 Å². The van der Waals surface area contributed by atoms with Gasteiger partial charge in [-0.3, -0.25) is 0 Å². The number of nitrogens with zero attached hydrogens (tertiary/aromatic N) is 1. The van der Waals surface area contributed by atoms with E-state index in [0.29, 0.717) is 0 Å². The molecular weight excluding hydrogens is 172 g/mol. The summed E-state index contributed by atoms with van der Waals surface area (Å²) >= 11 is 0. The predicted molar refractivity (Wildman–Crippen MR) is 62.6 cm³/mol. The van der Waals surface area contributed by atoms with Crippen LogP contribution in [0.15, 0.2) is 0 Å². The molecule has 1 N–H and O–H groups in total. The first kappa shape index (κ1) is 12.0. The van der Waals surface area contributed by atoms with E-state index >= 15 is 0 Å². The van der Waals surface area contributed by atoms with Crippen molar-refractivity contribution in [2.45, 2.75) is 46.1 Å². The number of piperidine rings is 1. The fourth-order valence-electron chi connectivity index (χ4n) is 2.60. The van der Waals surface area contributed by atoms with Crippen molar-refractivity contribution in [1.29, 1.82) is 0 Å². The van der Waals surface area contributed by atoms with Crippen LogP contribution in [-0.4, -0.2) is 37.1 Å². The molecule has 2 heteroatoms. The second-order valence-corrected chi connectivity index (χ2v) is 4.50. The number of hydrogen-bond donors (Lipinski definition) is 1. The van der Waals surface area contributed by atoms with Crippen molar-refractivity contribution in [3.05, 3.63) is 0 Å². The van der Waals surface area contributed by atoms with Crippen LogP contribution in [0.3, 0.4) is 0 Å². The molecule has 2 nitrogen and oxygen atoms in total. The average Bonchev–Trinajstić information content (AvgIpc) is 2.21. The zero-order valence-corrected chi connectivity index (χ0v) is 10.1. The quantitative estimate of drug-likeness (QED) is 0.728. The lowest BCUT2D eigenvalue weighted by Crippen LogP contribution is -2.36. The standard InChI is InChI=1S/C12H26N2/c1-4-14(5-2)11(3)10-12-6-8-13-9-7-12/h11-13H,4-10H2,1-3H3. The van der Waals surface area contributed by atoms with Crippen LogP contribution in [0, 0.1) is 5.92 Å². The Hall–Kier alpha value is -0.0800. The van der Waals surface area contributed by atoms with Crippen LogP contribution in [0.4, 0.5) is 0 Å². The Balaban J connectivity index is 2.26. The van der Waals surface area contributed by atoms with Crippen LogP contribution >= 0.6 is 0 Å². The van der Waals surface area contributed by atoms with Gasteiger partial charge in [-0.1, -0.05) is 13.8 Å². The molecule has 0 spiro atoms. The Morgan fingerprint density at radius 1 is 1.21 bits per heavy atom. The summed E-state index contributed by atoms with van der Waals surface area (Å²) in [6.45, 7) is 11.8. The molecule has 0 bridgehead atoms. The third kappa shape index (κ3) is 3.58. The summed E-state index contributed by atoms with van der Waals surface area (Å²) in [5, 5.41) is 3.43. The van der Waals surface area contributed by atoms with Crippen molar-refractivity contribution < 1.29 is 0 Å². The minimum Gasteiger partial charge on any atom is -0.317 e. The minimum atomic E-state index is 0.771. The van der Waals surface area contributed by atoms with Gasteiger partial charge in [-0.15, -0.1) is 0 Å². The van der Waals surface area contributed by atoms with Gasteiger partial charge in [0.1, 0.15) is 0 Å². The lowest BCUT2D eigenvalue weighted by atomic mass is 9.91. The maximum absolute atomic E-state index is 3.43. The molecule has 1 aliphatic rings. The number of rotatable bonds is 5. The summed E-state index contributed by atoms with van der Waals surface area (Å²) in [5.41, 5.74) is 0. The van der Waals surface area contributed by atoms with E-state index in [0.717, 1.165) is 12.0 Å². The highest BCUT2D eigenvalue weighted by atomic mass is 15.1. The summed E-state index contributed by atoms with van der Waals surface area (Å²) in [5.74, 6) is 0.965. The molecule has 1 atom stereocenters. The van der Waals surface area contributed by atoms with Gasteiger partial charge in [0.2, 0.25) is 0 Å². The van der Waals surface area contributed by atoms with Gasteiger partial charge in [0.05, 0.1) is 0 Å². The Morgan fingerprint density at radius 3 is 2.29 bits per heavy atom. The van der Waals surface area contributed by atoms with Crippen molar-refractivity contribution in [2.24, 2.45) is 5.92 Å². The van der Waals surface area contributed by atoms with E-state index in [9.17, 15) is 0 Å². The molecule has 0 radical (unpaired) electrons. The van der Waals surface area contributed by atoms with Crippen LogP contribution in [0.1, 0.15) is 40.0 Å². The topological polar surface area (TPSA) is 15.3 Å². The summed E-state index contributed by atoms with van der Waals surface area (Å²) < 4.78 is 0. The SMILES string of the molecule is CCN(CC)C(C)CC1CCNCC1. The van der Waals surface area contributed by atoms with Gasteiger partial charge in [0.15, 0.2) is 0 Å². The van der Waals surface area contributed by atoms with Gasteiger partial charge < -0.3 is 10.2 Å². The molecule has 0 aromatic heterocycles. The molecule has 1 saturated heterocycles. The zero-order chi connectivity index (χ0) is 10.4. The molecule has 1 aliphatic heterocycles. The van der Waals surface area contributed by atoms with Crippen LogP contribution < -0.4 is 5.32 Å². The fourth-order valence-corrected chi connectivity index (χ4v) is 2.60. The maximum Gasteiger partial charge on any atom is 0.00693 e. The molecular formula is C12H26N2. The normalized spacial score (nSPS) is 21.4. The van der Waals surface area contributed by atoms with E-state index in [-0.39, 0.29) is 0 Å². The van der Waals surface area contributed by atoms with Crippen LogP contribution in [0.25, 0.3) is 0 Å². The molecule has 0 aliphatic carbocycles. The van der Waals surface area contributed by atoms with E-state index in [2.05, 4.69) is 31.0 Å². The maximum atomic E-state index is 3.43. The highest BCUT2D eigenvalue weighted by molar-refractivity contribution is 4.74. The lowest BCUT2D eigenvalue weighted by Gasteiger charge is -2.31. The van der Waals surface area contributed by atoms with E-state index in [1.807, 2.05) is 0 Å². The Kier molecular flexibility index (Phi) is 5.49.